The molecule has 0 amide bonds. The van der Waals surface area contributed by atoms with E-state index >= 15 is 0 Å². The standard InChI is InChI=1S/C27H33N5O5S/c1-36-23-11-22(12-24(14-23)37-9-8-33)32(17-19-3-4-19)21-5-6-25-26(13-21)30-27(16-28-25)20-15-29-31(18-20)7-10-38(2,34)35/h5-6,11-14,16,18-19,29,33H,3-4,7-10,15,17H2,1-2H3. The first-order valence-electron chi connectivity index (χ1n) is 12.7. The maximum Gasteiger partial charge on any atom is 0.149 e. The summed E-state index contributed by atoms with van der Waals surface area (Å²) >= 11 is 0. The minimum atomic E-state index is -3.05. The molecule has 5 rings (SSSR count). The van der Waals surface area contributed by atoms with Crippen molar-refractivity contribution < 1.29 is 23.0 Å². The number of fused-ring (bicyclic) bond motifs is 1. The number of nitrogens with zero attached hydrogens (tertiary/aromatic N) is 4. The first kappa shape index (κ1) is 26.2. The summed E-state index contributed by atoms with van der Waals surface area (Å²) in [7, 11) is -1.42. The predicted octanol–water partition coefficient (Wildman–Crippen LogP) is 2.76. The SMILES string of the molecule is COc1cc(OCCO)cc(N(CC2CC2)c2ccc3ncc(C4=CN(CCS(C)(=O)=O)NC4)nc3c2)c1. The van der Waals surface area contributed by atoms with Gasteiger partial charge in [-0.25, -0.2) is 18.8 Å². The van der Waals surface area contributed by atoms with Crippen LogP contribution in [0.15, 0.2) is 48.8 Å². The van der Waals surface area contributed by atoms with Gasteiger partial charge in [0.05, 0.1) is 42.4 Å². The van der Waals surface area contributed by atoms with Crippen molar-refractivity contribution in [2.24, 2.45) is 5.92 Å². The van der Waals surface area contributed by atoms with Crippen LogP contribution < -0.4 is 19.8 Å². The van der Waals surface area contributed by atoms with Crippen LogP contribution in [0, 0.1) is 5.92 Å². The number of hydrogen-bond acceptors (Lipinski definition) is 10. The molecule has 1 aromatic heterocycles. The topological polar surface area (TPSA) is 117 Å². The number of ether oxygens (including phenoxy) is 2. The smallest absolute Gasteiger partial charge is 0.149 e. The predicted molar refractivity (Wildman–Crippen MR) is 147 cm³/mol. The third kappa shape index (κ3) is 6.53. The second kappa shape index (κ2) is 11.1. The zero-order valence-corrected chi connectivity index (χ0v) is 22.4. The van der Waals surface area contributed by atoms with E-state index in [9.17, 15) is 13.5 Å². The summed E-state index contributed by atoms with van der Waals surface area (Å²) in [5, 5.41) is 11.0. The van der Waals surface area contributed by atoms with Crippen LogP contribution in [0.4, 0.5) is 11.4 Å². The molecule has 0 radical (unpaired) electrons. The molecule has 2 N–H and O–H groups in total. The maximum absolute atomic E-state index is 11.5. The number of aliphatic hydroxyl groups is 1. The van der Waals surface area contributed by atoms with Crippen LogP contribution in [-0.4, -0.2) is 80.5 Å². The monoisotopic (exact) mass is 539 g/mol. The number of anilines is 2. The van der Waals surface area contributed by atoms with E-state index in [4.69, 9.17) is 14.5 Å². The van der Waals surface area contributed by atoms with Gasteiger partial charge >= 0.3 is 0 Å². The van der Waals surface area contributed by atoms with Gasteiger partial charge in [-0.3, -0.25) is 4.98 Å². The minimum absolute atomic E-state index is 0.0641. The van der Waals surface area contributed by atoms with Crippen LogP contribution in [0.2, 0.25) is 0 Å². The molecule has 0 spiro atoms. The second-order valence-corrected chi connectivity index (χ2v) is 12.0. The van der Waals surface area contributed by atoms with E-state index in [2.05, 4.69) is 21.4 Å². The Hall–Kier alpha value is -3.41. The Kier molecular flexibility index (Phi) is 7.68. The number of benzene rings is 2. The molecule has 0 bridgehead atoms. The number of aliphatic hydroxyl groups excluding tert-OH is 1. The zero-order valence-electron chi connectivity index (χ0n) is 21.6. The molecule has 1 aliphatic heterocycles. The minimum Gasteiger partial charge on any atom is -0.497 e. The number of aromatic nitrogens is 2. The number of hydrazine groups is 1. The fraction of sp³-hybridized carbons (Fsp3) is 0.407. The normalized spacial score (nSPS) is 15.6. The van der Waals surface area contributed by atoms with E-state index in [1.165, 1.54) is 19.1 Å². The van der Waals surface area contributed by atoms with Crippen molar-refractivity contribution >= 4 is 37.8 Å². The molecule has 0 atom stereocenters. The molecule has 1 aliphatic carbocycles. The molecule has 0 saturated heterocycles. The van der Waals surface area contributed by atoms with Gasteiger partial charge in [-0.2, -0.15) is 0 Å². The van der Waals surface area contributed by atoms with E-state index in [0.717, 1.165) is 40.2 Å². The van der Waals surface area contributed by atoms with Gasteiger partial charge in [-0.15, -0.1) is 0 Å². The van der Waals surface area contributed by atoms with Crippen LogP contribution in [0.1, 0.15) is 18.5 Å². The molecule has 1 saturated carbocycles. The summed E-state index contributed by atoms with van der Waals surface area (Å²) in [5.74, 6) is 2.01. The van der Waals surface area contributed by atoms with Gasteiger partial charge in [0, 0.05) is 67.2 Å². The molecule has 3 aromatic rings. The molecule has 2 aromatic carbocycles. The van der Waals surface area contributed by atoms with Crippen molar-refractivity contribution in [3.63, 3.8) is 0 Å². The summed E-state index contributed by atoms with van der Waals surface area (Å²) in [4.78, 5) is 11.8. The number of sulfone groups is 1. The summed E-state index contributed by atoms with van der Waals surface area (Å²) < 4.78 is 34.3. The summed E-state index contributed by atoms with van der Waals surface area (Å²) in [6.07, 6.45) is 7.28. The lowest BCUT2D eigenvalue weighted by Crippen LogP contribution is -2.32. The van der Waals surface area contributed by atoms with E-state index < -0.39 is 9.84 Å². The number of rotatable bonds is 12. The maximum atomic E-state index is 11.5. The lowest BCUT2D eigenvalue weighted by atomic mass is 10.1. The van der Waals surface area contributed by atoms with Gasteiger partial charge in [0.25, 0.3) is 0 Å². The summed E-state index contributed by atoms with van der Waals surface area (Å²) in [6, 6.07) is 11.8. The van der Waals surface area contributed by atoms with Crippen LogP contribution in [0.25, 0.3) is 16.6 Å². The fourth-order valence-electron chi connectivity index (χ4n) is 4.35. The van der Waals surface area contributed by atoms with Gasteiger partial charge in [-0.1, -0.05) is 0 Å². The number of hydrogen-bond donors (Lipinski definition) is 2. The van der Waals surface area contributed by atoms with E-state index in [-0.39, 0.29) is 19.0 Å². The molecule has 0 unspecified atom stereocenters. The van der Waals surface area contributed by atoms with Crippen molar-refractivity contribution in [2.75, 3.05) is 56.9 Å². The third-order valence-corrected chi connectivity index (χ3v) is 7.49. The van der Waals surface area contributed by atoms with Gasteiger partial charge in [0.15, 0.2) is 0 Å². The molecule has 10 nitrogen and oxygen atoms in total. The molecule has 38 heavy (non-hydrogen) atoms. The van der Waals surface area contributed by atoms with Crippen LogP contribution in [0.3, 0.4) is 0 Å². The third-order valence-electron chi connectivity index (χ3n) is 6.56. The Morgan fingerprint density at radius 2 is 1.95 bits per heavy atom. The average Bonchev–Trinajstić information content (AvgIpc) is 3.61. The average molecular weight is 540 g/mol. The van der Waals surface area contributed by atoms with Crippen LogP contribution in [0.5, 0.6) is 11.5 Å². The molecule has 2 aliphatic rings. The molecule has 202 valence electrons. The Balaban J connectivity index is 1.45. The highest BCUT2D eigenvalue weighted by atomic mass is 32.2. The second-order valence-electron chi connectivity index (χ2n) is 9.73. The van der Waals surface area contributed by atoms with Crippen molar-refractivity contribution in [1.29, 1.82) is 0 Å². The highest BCUT2D eigenvalue weighted by Crippen LogP contribution is 2.38. The number of methoxy groups -OCH3 is 1. The first-order chi connectivity index (χ1) is 18.3. The van der Waals surface area contributed by atoms with Gasteiger partial charge in [0.1, 0.15) is 27.9 Å². The highest BCUT2D eigenvalue weighted by Gasteiger charge is 2.26. The largest absolute Gasteiger partial charge is 0.497 e. The van der Waals surface area contributed by atoms with Crippen molar-refractivity contribution in [3.8, 4) is 11.5 Å². The van der Waals surface area contributed by atoms with Crippen molar-refractivity contribution in [2.45, 2.75) is 12.8 Å². The summed E-state index contributed by atoms with van der Waals surface area (Å²) in [5.41, 5.74) is 8.40. The van der Waals surface area contributed by atoms with Crippen LogP contribution >= 0.6 is 0 Å². The zero-order chi connectivity index (χ0) is 26.7. The lowest BCUT2D eigenvalue weighted by molar-refractivity contribution is 0.201. The van der Waals surface area contributed by atoms with E-state index in [1.54, 1.807) is 18.3 Å². The Bertz CT molecular complexity index is 1440. The van der Waals surface area contributed by atoms with E-state index in [1.807, 2.05) is 36.5 Å². The Morgan fingerprint density at radius 1 is 1.13 bits per heavy atom. The van der Waals surface area contributed by atoms with Crippen molar-refractivity contribution in [3.05, 3.63) is 54.5 Å². The first-order valence-corrected chi connectivity index (χ1v) is 14.7. The Labute approximate surface area is 222 Å². The lowest BCUT2D eigenvalue weighted by Gasteiger charge is -2.26. The van der Waals surface area contributed by atoms with Gasteiger partial charge in [0.2, 0.25) is 0 Å². The van der Waals surface area contributed by atoms with Gasteiger partial charge in [-0.05, 0) is 37.0 Å². The molecule has 2 heterocycles. The van der Waals surface area contributed by atoms with Crippen molar-refractivity contribution in [1.82, 2.24) is 20.4 Å². The quantitative estimate of drug-likeness (QED) is 0.356. The summed E-state index contributed by atoms with van der Waals surface area (Å²) in [6.45, 7) is 1.92. The molecule has 11 heteroatoms. The molecular formula is C27H33N5O5S. The van der Waals surface area contributed by atoms with Crippen LogP contribution in [-0.2, 0) is 9.84 Å². The highest BCUT2D eigenvalue weighted by molar-refractivity contribution is 7.90. The van der Waals surface area contributed by atoms with Gasteiger partial charge < -0.3 is 24.5 Å². The molecule has 1 fully saturated rings. The fourth-order valence-corrected chi connectivity index (χ4v) is 4.88. The molecular weight excluding hydrogens is 506 g/mol. The number of nitrogens with one attached hydrogen (secondary N) is 1. The Morgan fingerprint density at radius 3 is 2.68 bits per heavy atom. The van der Waals surface area contributed by atoms with E-state index in [0.29, 0.717) is 30.5 Å².